The number of amides is 1. The maximum Gasteiger partial charge on any atom is 0.335 e. The summed E-state index contributed by atoms with van der Waals surface area (Å²) in [5.74, 6) is 3.88. The molecule has 0 spiro atoms. The van der Waals surface area contributed by atoms with E-state index >= 15 is 0 Å². The van der Waals surface area contributed by atoms with Gasteiger partial charge in [0, 0.05) is 12.0 Å². The number of hydrogen-bond acceptors (Lipinski definition) is 3. The highest BCUT2D eigenvalue weighted by molar-refractivity contribution is 5.87. The van der Waals surface area contributed by atoms with Gasteiger partial charge in [-0.2, -0.15) is 0 Å². The first kappa shape index (κ1) is 35.0. The predicted molar refractivity (Wildman–Crippen MR) is 191 cm³/mol. The van der Waals surface area contributed by atoms with Crippen molar-refractivity contribution in [3.63, 3.8) is 0 Å². The number of hydrogen-bond donors (Lipinski definition) is 2. The highest BCUT2D eigenvalue weighted by Crippen LogP contribution is 2.77. The molecule has 0 aliphatic heterocycles. The molecule has 5 nitrogen and oxygen atoms in total. The lowest BCUT2D eigenvalue weighted by Gasteiger charge is -2.73. The molecule has 1 aromatic rings. The van der Waals surface area contributed by atoms with Crippen molar-refractivity contribution in [3.05, 3.63) is 35.4 Å². The van der Waals surface area contributed by atoms with Gasteiger partial charge in [-0.15, -0.1) is 0 Å². The molecule has 2 N–H and O–H groups in total. The van der Waals surface area contributed by atoms with Crippen LogP contribution in [0, 0.1) is 57.2 Å². The Balaban J connectivity index is 1.27. The van der Waals surface area contributed by atoms with Crippen LogP contribution >= 0.6 is 0 Å². The fourth-order valence-electron chi connectivity index (χ4n) is 14.0. The van der Waals surface area contributed by atoms with Gasteiger partial charge in [-0.1, -0.05) is 60.6 Å². The molecule has 0 unspecified atom stereocenters. The van der Waals surface area contributed by atoms with Crippen LogP contribution in [-0.4, -0.2) is 48.1 Å². The lowest BCUT2D eigenvalue weighted by atomic mass is 9.32. The Morgan fingerprint density at radius 3 is 2.19 bits per heavy atom. The molecule has 0 aromatic heterocycles. The van der Waals surface area contributed by atoms with Gasteiger partial charge in [-0.25, -0.2) is 4.79 Å². The van der Waals surface area contributed by atoms with Crippen molar-refractivity contribution in [1.82, 2.24) is 10.2 Å². The van der Waals surface area contributed by atoms with Crippen molar-refractivity contribution >= 4 is 11.9 Å². The third-order valence-electron chi connectivity index (χ3n) is 16.3. The van der Waals surface area contributed by atoms with Gasteiger partial charge >= 0.3 is 5.97 Å². The summed E-state index contributed by atoms with van der Waals surface area (Å²) in [5.41, 5.74) is 2.74. The second-order valence-corrected chi connectivity index (χ2v) is 19.1. The number of rotatable bonds is 8. The Bertz CT molecular complexity index is 1340. The number of fused-ring (bicyclic) bond motifs is 7. The molecule has 47 heavy (non-hydrogen) atoms. The molecule has 6 rings (SSSR count). The Hall–Kier alpha value is -1.88. The molecule has 5 aliphatic rings. The van der Waals surface area contributed by atoms with Crippen molar-refractivity contribution in [2.24, 2.45) is 57.2 Å². The summed E-state index contributed by atoms with van der Waals surface area (Å²) < 4.78 is 0. The average molecular weight is 647 g/mol. The molecule has 5 aliphatic carbocycles. The minimum absolute atomic E-state index is 0.0190. The van der Waals surface area contributed by atoms with Crippen LogP contribution in [0.4, 0.5) is 0 Å². The van der Waals surface area contributed by atoms with Gasteiger partial charge in [0.25, 0.3) is 0 Å². The van der Waals surface area contributed by atoms with Gasteiger partial charge in [0.15, 0.2) is 0 Å². The number of nitrogens with zero attached hydrogens (tertiary/aromatic N) is 1. The van der Waals surface area contributed by atoms with Crippen LogP contribution in [0.25, 0.3) is 0 Å². The summed E-state index contributed by atoms with van der Waals surface area (Å²) >= 11 is 0. The quantitative estimate of drug-likeness (QED) is 0.295. The fraction of sp³-hybridized carbons (Fsp3) is 0.810. The van der Waals surface area contributed by atoms with E-state index in [1.807, 2.05) is 12.1 Å². The average Bonchev–Trinajstić information content (AvgIpc) is 3.36. The molecule has 0 heterocycles. The smallest absolute Gasteiger partial charge is 0.335 e. The molecular formula is C42H66N2O3. The van der Waals surface area contributed by atoms with E-state index in [0.29, 0.717) is 63.7 Å². The van der Waals surface area contributed by atoms with Crippen molar-refractivity contribution in [2.75, 3.05) is 20.6 Å². The van der Waals surface area contributed by atoms with Crippen molar-refractivity contribution in [3.8, 4) is 0 Å². The molecule has 0 bridgehead atoms. The van der Waals surface area contributed by atoms with E-state index in [2.05, 4.69) is 84.9 Å². The maximum atomic E-state index is 13.5. The third-order valence-corrected chi connectivity index (χ3v) is 16.3. The second kappa shape index (κ2) is 12.2. The van der Waals surface area contributed by atoms with Crippen LogP contribution in [0.3, 0.4) is 0 Å². The zero-order chi connectivity index (χ0) is 34.2. The first-order valence-electron chi connectivity index (χ1n) is 19.3. The SMILES string of the molecule is CC(C)[C@@H]1CC[C@]2(NC(=O)CCCN(C)C)CC[C@]3(C)[C@H](CC[C@@H]4[C@@]5(C)CC[C@@H](c6ccc(C(=O)O)cc6)C(C)(C)[C@@H]5CC[C@]43C)[C@@H]12. The Morgan fingerprint density at radius 1 is 0.851 bits per heavy atom. The molecular weight excluding hydrogens is 580 g/mol. The Morgan fingerprint density at radius 2 is 1.55 bits per heavy atom. The van der Waals surface area contributed by atoms with E-state index < -0.39 is 5.97 Å². The topological polar surface area (TPSA) is 69.6 Å². The van der Waals surface area contributed by atoms with Gasteiger partial charge in [0.1, 0.15) is 0 Å². The summed E-state index contributed by atoms with van der Waals surface area (Å²) in [4.78, 5) is 27.3. The van der Waals surface area contributed by atoms with Crippen molar-refractivity contribution in [2.45, 2.75) is 137 Å². The lowest BCUT2D eigenvalue weighted by Crippen LogP contribution is -2.68. The number of carboxylic acid groups (broad SMARTS) is 1. The van der Waals surface area contributed by atoms with Crippen LogP contribution in [0.15, 0.2) is 24.3 Å². The van der Waals surface area contributed by atoms with Gasteiger partial charge in [-0.3, -0.25) is 4.79 Å². The molecule has 5 fully saturated rings. The summed E-state index contributed by atoms with van der Waals surface area (Å²) in [6, 6.07) is 7.81. The van der Waals surface area contributed by atoms with E-state index in [1.165, 1.54) is 56.9 Å². The van der Waals surface area contributed by atoms with Crippen molar-refractivity contribution < 1.29 is 14.7 Å². The van der Waals surface area contributed by atoms with Crippen LogP contribution < -0.4 is 5.32 Å². The molecule has 1 aromatic carbocycles. The van der Waals surface area contributed by atoms with Gasteiger partial charge in [0.05, 0.1) is 5.56 Å². The number of carboxylic acids is 1. The molecule has 1 amide bonds. The van der Waals surface area contributed by atoms with Gasteiger partial charge in [-0.05, 0) is 172 Å². The third kappa shape index (κ3) is 5.42. The molecule has 5 heteroatoms. The van der Waals surface area contributed by atoms with Gasteiger partial charge < -0.3 is 15.3 Å². The summed E-state index contributed by atoms with van der Waals surface area (Å²) in [6.45, 7) is 19.0. The second-order valence-electron chi connectivity index (χ2n) is 19.1. The standard InChI is InChI=1S/C42H66N2O3/c1-27(2)30-18-23-42(43-35(45)11-10-26-44(8)9)25-24-40(6)32(36(30)42)16-17-34-39(5)21-19-31(28-12-14-29(15-13-28)37(46)47)38(3,4)33(39)20-22-41(34,40)7/h12-15,27,30-34,36H,10-11,16-26H2,1-9H3,(H,43,45)(H,46,47)/t30-,31-,32+,33-,34+,36+,39-,40+,41+,42-/m0/s1. The highest BCUT2D eigenvalue weighted by atomic mass is 16.4. The normalized spacial score (nSPS) is 42.3. The summed E-state index contributed by atoms with van der Waals surface area (Å²) in [7, 11) is 4.19. The lowest BCUT2D eigenvalue weighted by molar-refractivity contribution is -0.235. The van der Waals surface area contributed by atoms with Crippen molar-refractivity contribution in [1.29, 1.82) is 0 Å². The largest absolute Gasteiger partial charge is 0.478 e. The first-order chi connectivity index (χ1) is 22.0. The highest BCUT2D eigenvalue weighted by Gasteiger charge is 2.71. The van der Waals surface area contributed by atoms with Crippen LogP contribution in [0.2, 0.25) is 0 Å². The Kier molecular flexibility index (Phi) is 9.05. The number of benzene rings is 1. The van der Waals surface area contributed by atoms with E-state index in [-0.39, 0.29) is 16.9 Å². The zero-order valence-electron chi connectivity index (χ0n) is 31.3. The van der Waals surface area contributed by atoms with E-state index in [1.54, 1.807) is 0 Å². The van der Waals surface area contributed by atoms with E-state index in [4.69, 9.17) is 0 Å². The number of carbonyl (C=O) groups is 2. The monoisotopic (exact) mass is 647 g/mol. The number of carbonyl (C=O) groups excluding carboxylic acids is 1. The van der Waals surface area contributed by atoms with Crippen LogP contribution in [0.1, 0.15) is 147 Å². The number of nitrogens with one attached hydrogen (secondary N) is 1. The summed E-state index contributed by atoms with van der Waals surface area (Å²) in [6.07, 6.45) is 14.1. The predicted octanol–water partition coefficient (Wildman–Crippen LogP) is 9.42. The maximum absolute atomic E-state index is 13.5. The first-order valence-corrected chi connectivity index (χ1v) is 19.3. The molecule has 10 atom stereocenters. The Labute approximate surface area is 286 Å². The fourth-order valence-corrected chi connectivity index (χ4v) is 14.0. The summed E-state index contributed by atoms with van der Waals surface area (Å²) in [5, 5.41) is 13.3. The minimum atomic E-state index is -0.845. The number of aromatic carboxylic acids is 1. The minimum Gasteiger partial charge on any atom is -0.478 e. The molecule has 5 saturated carbocycles. The molecule has 0 saturated heterocycles. The van der Waals surface area contributed by atoms with E-state index in [9.17, 15) is 14.7 Å². The zero-order valence-corrected chi connectivity index (χ0v) is 31.3. The van der Waals surface area contributed by atoms with E-state index in [0.717, 1.165) is 31.7 Å². The van der Waals surface area contributed by atoms with Gasteiger partial charge in [0.2, 0.25) is 5.91 Å². The molecule has 262 valence electrons. The van der Waals surface area contributed by atoms with Crippen LogP contribution in [-0.2, 0) is 4.79 Å². The van der Waals surface area contributed by atoms with Crippen LogP contribution in [0.5, 0.6) is 0 Å². The molecule has 0 radical (unpaired) electrons.